The second-order valence-corrected chi connectivity index (χ2v) is 1.44. The minimum atomic E-state index is -1.03. The summed E-state index contributed by atoms with van der Waals surface area (Å²) in [5.74, 6) is -1.03. The Bertz CT molecular complexity index is 240. The van der Waals surface area contributed by atoms with Gasteiger partial charge in [-0.05, 0) is 10.4 Å². The molecule has 6 heteroatoms. The molecule has 0 bridgehead atoms. The van der Waals surface area contributed by atoms with Crippen LogP contribution < -0.4 is 0 Å². The summed E-state index contributed by atoms with van der Waals surface area (Å²) in [5.41, 5.74) is 0. The van der Waals surface area contributed by atoms with Gasteiger partial charge in [0.15, 0.2) is 0 Å². The van der Waals surface area contributed by atoms with Crippen LogP contribution in [-0.2, 0) is 4.79 Å². The molecule has 0 aliphatic rings. The zero-order valence-electron chi connectivity index (χ0n) is 4.88. The standard InChI is InChI=1S/C4H4N4O2/c9-4(10)1-2-8-3-5-6-7-8/h1-3H,(H,9,10)/b2-1+. The van der Waals surface area contributed by atoms with Crippen molar-refractivity contribution in [2.45, 2.75) is 0 Å². The summed E-state index contributed by atoms with van der Waals surface area (Å²) in [5, 5.41) is 18.1. The molecule has 1 N–H and O–H groups in total. The Hall–Kier alpha value is -1.72. The number of rotatable bonds is 2. The first-order chi connectivity index (χ1) is 4.79. The van der Waals surface area contributed by atoms with E-state index in [1.165, 1.54) is 17.2 Å². The van der Waals surface area contributed by atoms with Gasteiger partial charge in [-0.3, -0.25) is 0 Å². The van der Waals surface area contributed by atoms with E-state index in [4.69, 9.17) is 5.11 Å². The van der Waals surface area contributed by atoms with Crippen molar-refractivity contribution in [3.63, 3.8) is 0 Å². The number of aromatic nitrogens is 4. The van der Waals surface area contributed by atoms with Crippen LogP contribution >= 0.6 is 0 Å². The van der Waals surface area contributed by atoms with E-state index in [2.05, 4.69) is 15.5 Å². The third-order valence-electron chi connectivity index (χ3n) is 0.735. The fourth-order valence-electron chi connectivity index (χ4n) is 0.377. The molecule has 0 saturated carbocycles. The highest BCUT2D eigenvalue weighted by Crippen LogP contribution is 1.78. The van der Waals surface area contributed by atoms with Gasteiger partial charge in [0, 0.05) is 12.3 Å². The Labute approximate surface area is 55.8 Å². The highest BCUT2D eigenvalue weighted by atomic mass is 16.4. The second kappa shape index (κ2) is 2.72. The lowest BCUT2D eigenvalue weighted by Gasteiger charge is -1.81. The third-order valence-corrected chi connectivity index (χ3v) is 0.735. The lowest BCUT2D eigenvalue weighted by Crippen LogP contribution is -1.91. The van der Waals surface area contributed by atoms with Crippen molar-refractivity contribution in [2.24, 2.45) is 0 Å². The molecule has 6 nitrogen and oxygen atoms in total. The Balaban J connectivity index is 2.64. The van der Waals surface area contributed by atoms with Crippen LogP contribution in [0, 0.1) is 0 Å². The van der Waals surface area contributed by atoms with Crippen molar-refractivity contribution in [2.75, 3.05) is 0 Å². The molecular formula is C4H4N4O2. The number of hydrogen-bond acceptors (Lipinski definition) is 4. The molecule has 0 fully saturated rings. The van der Waals surface area contributed by atoms with Gasteiger partial charge in [0.25, 0.3) is 0 Å². The number of carbonyl (C=O) groups is 1. The largest absolute Gasteiger partial charge is 0.478 e. The first-order valence-electron chi connectivity index (χ1n) is 2.42. The van der Waals surface area contributed by atoms with E-state index in [0.717, 1.165) is 6.08 Å². The van der Waals surface area contributed by atoms with E-state index in [1.807, 2.05) is 0 Å². The van der Waals surface area contributed by atoms with E-state index >= 15 is 0 Å². The van der Waals surface area contributed by atoms with Gasteiger partial charge in [0.1, 0.15) is 6.33 Å². The first kappa shape index (κ1) is 6.40. The third kappa shape index (κ3) is 1.66. The highest BCUT2D eigenvalue weighted by Gasteiger charge is 1.86. The van der Waals surface area contributed by atoms with Crippen LogP contribution in [0.3, 0.4) is 0 Å². The molecule has 1 aromatic heterocycles. The summed E-state index contributed by atoms with van der Waals surface area (Å²) < 4.78 is 1.19. The van der Waals surface area contributed by atoms with E-state index in [1.54, 1.807) is 0 Å². The fourth-order valence-corrected chi connectivity index (χ4v) is 0.377. The quantitative estimate of drug-likeness (QED) is 0.545. The summed E-state index contributed by atoms with van der Waals surface area (Å²) in [4.78, 5) is 9.93. The van der Waals surface area contributed by atoms with Crippen molar-refractivity contribution >= 4 is 12.2 Å². The minimum absolute atomic E-state index is 0.941. The fraction of sp³-hybridized carbons (Fsp3) is 0. The van der Waals surface area contributed by atoms with Gasteiger partial charge in [-0.15, -0.1) is 5.10 Å². The van der Waals surface area contributed by atoms with Crippen molar-refractivity contribution in [1.29, 1.82) is 0 Å². The minimum Gasteiger partial charge on any atom is -0.478 e. The van der Waals surface area contributed by atoms with Gasteiger partial charge in [0.2, 0.25) is 0 Å². The van der Waals surface area contributed by atoms with Crippen LogP contribution in [0.5, 0.6) is 0 Å². The number of carboxylic acids is 1. The van der Waals surface area contributed by atoms with Gasteiger partial charge in [0.05, 0.1) is 0 Å². The predicted molar refractivity (Wildman–Crippen MR) is 30.8 cm³/mol. The smallest absolute Gasteiger partial charge is 0.329 e. The van der Waals surface area contributed by atoms with Crippen LogP contribution in [0.1, 0.15) is 0 Å². The molecule has 1 heterocycles. The number of aliphatic carboxylic acids is 1. The van der Waals surface area contributed by atoms with Crippen LogP contribution in [0.15, 0.2) is 12.4 Å². The summed E-state index contributed by atoms with van der Waals surface area (Å²) in [7, 11) is 0. The summed E-state index contributed by atoms with van der Waals surface area (Å²) in [6.45, 7) is 0. The predicted octanol–water partition coefficient (Wildman–Crippen LogP) is -0.772. The Kier molecular flexibility index (Phi) is 1.74. The molecule has 52 valence electrons. The molecule has 0 atom stereocenters. The van der Waals surface area contributed by atoms with Crippen molar-refractivity contribution in [3.8, 4) is 0 Å². The molecule has 0 aliphatic heterocycles. The van der Waals surface area contributed by atoms with E-state index in [9.17, 15) is 4.79 Å². The van der Waals surface area contributed by atoms with Crippen LogP contribution in [-0.4, -0.2) is 31.3 Å². The average Bonchev–Trinajstić information content (AvgIpc) is 2.34. The maximum Gasteiger partial charge on any atom is 0.329 e. The molecule has 0 aliphatic carbocycles. The van der Waals surface area contributed by atoms with Crippen molar-refractivity contribution < 1.29 is 9.90 Å². The van der Waals surface area contributed by atoms with Gasteiger partial charge >= 0.3 is 5.97 Å². The lowest BCUT2D eigenvalue weighted by molar-refractivity contribution is -0.131. The molecule has 0 aromatic carbocycles. The molecule has 0 radical (unpaired) electrons. The zero-order valence-corrected chi connectivity index (χ0v) is 4.88. The SMILES string of the molecule is O=C(O)/C=C/n1cnnn1. The van der Waals surface area contributed by atoms with E-state index in [-0.39, 0.29) is 0 Å². The molecule has 1 rings (SSSR count). The summed E-state index contributed by atoms with van der Waals surface area (Å²) >= 11 is 0. The molecule has 0 spiro atoms. The van der Waals surface area contributed by atoms with Crippen LogP contribution in [0.25, 0.3) is 6.20 Å². The average molecular weight is 140 g/mol. The molecule has 1 aromatic rings. The molecular weight excluding hydrogens is 136 g/mol. The Morgan fingerprint density at radius 2 is 2.50 bits per heavy atom. The molecule has 0 amide bonds. The van der Waals surface area contributed by atoms with Crippen LogP contribution in [0.2, 0.25) is 0 Å². The van der Waals surface area contributed by atoms with Gasteiger partial charge in [-0.25, -0.2) is 9.48 Å². The zero-order chi connectivity index (χ0) is 7.40. The topological polar surface area (TPSA) is 80.9 Å². The lowest BCUT2D eigenvalue weighted by atomic mass is 10.6. The summed E-state index contributed by atoms with van der Waals surface area (Å²) in [6, 6.07) is 0. The Morgan fingerprint density at radius 3 is 3.00 bits per heavy atom. The number of nitrogens with zero attached hydrogens (tertiary/aromatic N) is 4. The van der Waals surface area contributed by atoms with Gasteiger partial charge < -0.3 is 5.11 Å². The number of tetrazole rings is 1. The van der Waals surface area contributed by atoms with Crippen LogP contribution in [0.4, 0.5) is 0 Å². The first-order valence-corrected chi connectivity index (χ1v) is 2.42. The molecule has 10 heavy (non-hydrogen) atoms. The summed E-state index contributed by atoms with van der Waals surface area (Å²) in [6.07, 6.45) is 3.47. The van der Waals surface area contributed by atoms with E-state index in [0.29, 0.717) is 0 Å². The van der Waals surface area contributed by atoms with Gasteiger partial charge in [-0.1, -0.05) is 0 Å². The van der Waals surface area contributed by atoms with E-state index < -0.39 is 5.97 Å². The Morgan fingerprint density at radius 1 is 1.70 bits per heavy atom. The number of hydrogen-bond donors (Lipinski definition) is 1. The number of carboxylic acid groups (broad SMARTS) is 1. The monoisotopic (exact) mass is 140 g/mol. The normalized spacial score (nSPS) is 10.4. The van der Waals surface area contributed by atoms with Crippen molar-refractivity contribution in [1.82, 2.24) is 20.2 Å². The molecule has 0 saturated heterocycles. The van der Waals surface area contributed by atoms with Crippen molar-refractivity contribution in [3.05, 3.63) is 12.4 Å². The molecule has 0 unspecified atom stereocenters. The maximum absolute atomic E-state index is 9.93. The maximum atomic E-state index is 9.93. The second-order valence-electron chi connectivity index (χ2n) is 1.44. The highest BCUT2D eigenvalue weighted by molar-refractivity contribution is 5.82. The van der Waals surface area contributed by atoms with Gasteiger partial charge in [-0.2, -0.15) is 0 Å².